The first-order valence-corrected chi connectivity index (χ1v) is 5.54. The van der Waals surface area contributed by atoms with Crippen LogP contribution in [0.2, 0.25) is 0 Å². The monoisotopic (exact) mass is 235 g/mol. The summed E-state index contributed by atoms with van der Waals surface area (Å²) in [5.74, 6) is 0.701. The molecule has 0 fully saturated rings. The third-order valence-electron chi connectivity index (χ3n) is 2.70. The van der Waals surface area contributed by atoms with Crippen LogP contribution in [0.1, 0.15) is 37.2 Å². The van der Waals surface area contributed by atoms with E-state index in [2.05, 4.69) is 18.9 Å². The van der Waals surface area contributed by atoms with E-state index in [1.54, 1.807) is 25.8 Å². The normalized spacial score (nSPS) is 13.0. The minimum Gasteiger partial charge on any atom is -0.493 e. The fourth-order valence-electron chi connectivity index (χ4n) is 1.83. The highest BCUT2D eigenvalue weighted by Gasteiger charge is 2.22. The highest BCUT2D eigenvalue weighted by atomic mass is 16.5. The van der Waals surface area contributed by atoms with Crippen molar-refractivity contribution in [2.24, 2.45) is 5.73 Å². The van der Waals surface area contributed by atoms with Crippen molar-refractivity contribution in [1.29, 1.82) is 0 Å². The van der Waals surface area contributed by atoms with E-state index in [4.69, 9.17) is 14.9 Å². The standard InChI is InChI=1S/C12H17N3O2/c1-8(2)15-12(10(16-3)6-14-15)11(13)9-4-5-17-7-9/h4-8,11H,13H2,1-3H3. The lowest BCUT2D eigenvalue weighted by atomic mass is 10.1. The Balaban J connectivity index is 2.45. The molecule has 0 amide bonds. The molecule has 0 bridgehead atoms. The number of nitrogens with two attached hydrogens (primary N) is 1. The van der Waals surface area contributed by atoms with Crippen molar-refractivity contribution in [2.45, 2.75) is 25.9 Å². The Bertz CT molecular complexity index is 474. The van der Waals surface area contributed by atoms with Crippen LogP contribution in [0.5, 0.6) is 5.75 Å². The van der Waals surface area contributed by atoms with E-state index in [9.17, 15) is 0 Å². The molecular formula is C12H17N3O2. The summed E-state index contributed by atoms with van der Waals surface area (Å²) >= 11 is 0. The third kappa shape index (κ3) is 2.06. The Labute approximate surface area is 100 Å². The van der Waals surface area contributed by atoms with Gasteiger partial charge in [-0.25, -0.2) is 0 Å². The Morgan fingerprint density at radius 1 is 1.47 bits per heavy atom. The van der Waals surface area contributed by atoms with Crippen LogP contribution in [0.25, 0.3) is 0 Å². The SMILES string of the molecule is COc1cnn(C(C)C)c1C(N)c1ccoc1. The van der Waals surface area contributed by atoms with Gasteiger partial charge in [0, 0.05) is 11.6 Å². The van der Waals surface area contributed by atoms with Gasteiger partial charge in [0.15, 0.2) is 5.75 Å². The van der Waals surface area contributed by atoms with Crippen molar-refractivity contribution >= 4 is 0 Å². The lowest BCUT2D eigenvalue weighted by molar-refractivity contribution is 0.400. The fourth-order valence-corrected chi connectivity index (χ4v) is 1.83. The molecule has 2 heterocycles. The van der Waals surface area contributed by atoms with Crippen LogP contribution < -0.4 is 10.5 Å². The molecule has 0 aliphatic carbocycles. The van der Waals surface area contributed by atoms with Crippen LogP contribution in [0.15, 0.2) is 29.2 Å². The lowest BCUT2D eigenvalue weighted by Crippen LogP contribution is -2.19. The van der Waals surface area contributed by atoms with Gasteiger partial charge in [0.1, 0.15) is 5.69 Å². The minimum absolute atomic E-state index is 0.229. The first-order chi connectivity index (χ1) is 8.15. The highest BCUT2D eigenvalue weighted by molar-refractivity contribution is 5.34. The summed E-state index contributed by atoms with van der Waals surface area (Å²) in [5.41, 5.74) is 7.99. The zero-order valence-corrected chi connectivity index (χ0v) is 10.3. The Hall–Kier alpha value is -1.75. The minimum atomic E-state index is -0.298. The average molecular weight is 235 g/mol. The second-order valence-corrected chi connectivity index (χ2v) is 4.17. The average Bonchev–Trinajstić information content (AvgIpc) is 2.96. The van der Waals surface area contributed by atoms with Gasteiger partial charge in [0.05, 0.1) is 31.9 Å². The maximum Gasteiger partial charge on any atom is 0.161 e. The molecule has 0 aliphatic rings. The molecule has 0 saturated heterocycles. The second-order valence-electron chi connectivity index (χ2n) is 4.17. The summed E-state index contributed by atoms with van der Waals surface area (Å²) < 4.78 is 12.2. The molecule has 0 saturated carbocycles. The number of methoxy groups -OCH3 is 1. The lowest BCUT2D eigenvalue weighted by Gasteiger charge is -2.16. The Morgan fingerprint density at radius 2 is 2.24 bits per heavy atom. The number of aromatic nitrogens is 2. The number of hydrogen-bond donors (Lipinski definition) is 1. The van der Waals surface area contributed by atoms with Crippen molar-refractivity contribution in [1.82, 2.24) is 9.78 Å². The van der Waals surface area contributed by atoms with Gasteiger partial charge in [-0.15, -0.1) is 0 Å². The number of ether oxygens (including phenoxy) is 1. The van der Waals surface area contributed by atoms with Crippen molar-refractivity contribution < 1.29 is 9.15 Å². The van der Waals surface area contributed by atoms with Crippen molar-refractivity contribution in [3.8, 4) is 5.75 Å². The number of hydrogen-bond acceptors (Lipinski definition) is 4. The zero-order valence-electron chi connectivity index (χ0n) is 10.3. The van der Waals surface area contributed by atoms with Gasteiger partial charge in [-0.1, -0.05) is 0 Å². The quantitative estimate of drug-likeness (QED) is 0.881. The summed E-state index contributed by atoms with van der Waals surface area (Å²) in [6.45, 7) is 4.11. The van der Waals surface area contributed by atoms with Crippen molar-refractivity contribution in [3.05, 3.63) is 36.0 Å². The zero-order chi connectivity index (χ0) is 12.4. The van der Waals surface area contributed by atoms with Crippen LogP contribution in [0, 0.1) is 0 Å². The molecule has 0 aliphatic heterocycles. The maximum absolute atomic E-state index is 6.22. The summed E-state index contributed by atoms with van der Waals surface area (Å²) in [4.78, 5) is 0. The molecule has 17 heavy (non-hydrogen) atoms. The van der Waals surface area contributed by atoms with E-state index in [0.29, 0.717) is 5.75 Å². The van der Waals surface area contributed by atoms with Gasteiger partial charge in [0.2, 0.25) is 0 Å². The molecule has 2 N–H and O–H groups in total. The smallest absolute Gasteiger partial charge is 0.161 e. The van der Waals surface area contributed by atoms with Gasteiger partial charge in [-0.3, -0.25) is 4.68 Å². The van der Waals surface area contributed by atoms with Gasteiger partial charge in [-0.05, 0) is 19.9 Å². The Morgan fingerprint density at radius 3 is 2.76 bits per heavy atom. The molecule has 2 aromatic heterocycles. The number of furan rings is 1. The van der Waals surface area contributed by atoms with Crippen LogP contribution in [-0.2, 0) is 0 Å². The van der Waals surface area contributed by atoms with Gasteiger partial charge < -0.3 is 14.9 Å². The molecule has 0 radical (unpaired) electrons. The molecule has 92 valence electrons. The van der Waals surface area contributed by atoms with E-state index in [-0.39, 0.29) is 12.1 Å². The summed E-state index contributed by atoms with van der Waals surface area (Å²) in [5, 5.41) is 4.30. The highest BCUT2D eigenvalue weighted by Crippen LogP contribution is 2.30. The molecule has 5 nitrogen and oxygen atoms in total. The molecule has 1 unspecified atom stereocenters. The van der Waals surface area contributed by atoms with Gasteiger partial charge >= 0.3 is 0 Å². The predicted octanol–water partition coefficient (Wildman–Crippen LogP) is 2.11. The van der Waals surface area contributed by atoms with Crippen molar-refractivity contribution in [2.75, 3.05) is 7.11 Å². The van der Waals surface area contributed by atoms with E-state index < -0.39 is 0 Å². The molecule has 2 rings (SSSR count). The van der Waals surface area contributed by atoms with Crippen LogP contribution in [0.3, 0.4) is 0 Å². The van der Waals surface area contributed by atoms with E-state index in [1.807, 2.05) is 10.7 Å². The van der Waals surface area contributed by atoms with Crippen LogP contribution in [0.4, 0.5) is 0 Å². The first kappa shape index (κ1) is 11.7. The molecule has 0 aromatic carbocycles. The molecular weight excluding hydrogens is 218 g/mol. The van der Waals surface area contributed by atoms with Gasteiger partial charge in [0.25, 0.3) is 0 Å². The molecule has 1 atom stereocenters. The Kier molecular flexibility index (Phi) is 3.19. The van der Waals surface area contributed by atoms with Crippen LogP contribution in [-0.4, -0.2) is 16.9 Å². The number of nitrogens with zero attached hydrogens (tertiary/aromatic N) is 2. The van der Waals surface area contributed by atoms with Gasteiger partial charge in [-0.2, -0.15) is 5.10 Å². The molecule has 2 aromatic rings. The number of rotatable bonds is 4. The summed E-state index contributed by atoms with van der Waals surface area (Å²) in [6, 6.07) is 1.78. The largest absolute Gasteiger partial charge is 0.493 e. The topological polar surface area (TPSA) is 66.2 Å². The van der Waals surface area contributed by atoms with Crippen molar-refractivity contribution in [3.63, 3.8) is 0 Å². The molecule has 5 heteroatoms. The van der Waals surface area contributed by atoms with E-state index >= 15 is 0 Å². The van der Waals surface area contributed by atoms with E-state index in [0.717, 1.165) is 11.3 Å². The second kappa shape index (κ2) is 4.63. The predicted molar refractivity (Wildman–Crippen MR) is 63.9 cm³/mol. The first-order valence-electron chi connectivity index (χ1n) is 5.54. The fraction of sp³-hybridized carbons (Fsp3) is 0.417. The van der Waals surface area contributed by atoms with E-state index in [1.165, 1.54) is 0 Å². The summed E-state index contributed by atoms with van der Waals surface area (Å²) in [7, 11) is 1.62. The summed E-state index contributed by atoms with van der Waals surface area (Å²) in [6.07, 6.45) is 4.94. The maximum atomic E-state index is 6.22. The third-order valence-corrected chi connectivity index (χ3v) is 2.70. The molecule has 0 spiro atoms. The van der Waals surface area contributed by atoms with Crippen LogP contribution >= 0.6 is 0 Å².